The molecule has 5 nitrogen and oxygen atoms in total. The van der Waals surface area contributed by atoms with Gasteiger partial charge < -0.3 is 15.8 Å². The minimum absolute atomic E-state index is 0.0657. The van der Waals surface area contributed by atoms with Gasteiger partial charge in [-0.05, 0) is 61.6 Å². The van der Waals surface area contributed by atoms with E-state index in [1.807, 2.05) is 26.8 Å². The highest BCUT2D eigenvalue weighted by molar-refractivity contribution is 5.69. The predicted octanol–water partition coefficient (Wildman–Crippen LogP) is 5.83. The Labute approximate surface area is 190 Å². The fourth-order valence-corrected chi connectivity index (χ4v) is 3.74. The van der Waals surface area contributed by atoms with Gasteiger partial charge in [0.15, 0.2) is 6.61 Å². The first-order valence-electron chi connectivity index (χ1n) is 10.8. The zero-order valence-electron chi connectivity index (χ0n) is 18.8. The number of anilines is 1. The fraction of sp³-hybridized carbons (Fsp3) is 0.417. The van der Waals surface area contributed by atoms with Gasteiger partial charge in [0, 0.05) is 30.3 Å². The van der Waals surface area contributed by atoms with E-state index in [0.29, 0.717) is 30.9 Å². The molecule has 0 amide bonds. The summed E-state index contributed by atoms with van der Waals surface area (Å²) in [5.74, 6) is -0.182. The van der Waals surface area contributed by atoms with Crippen LogP contribution in [-0.2, 0) is 6.54 Å². The van der Waals surface area contributed by atoms with Crippen molar-refractivity contribution in [3.8, 4) is 5.88 Å². The molecule has 33 heavy (non-hydrogen) atoms. The Morgan fingerprint density at radius 2 is 1.97 bits per heavy atom. The van der Waals surface area contributed by atoms with E-state index in [-0.39, 0.29) is 23.7 Å². The SMILES string of the molecule is CCC1CC(c2nc(OCC(F)(F)F)ccc2CNC(C)c2cc(C)nc(N)c2)=CC=C1F. The van der Waals surface area contributed by atoms with Gasteiger partial charge in [-0.2, -0.15) is 13.2 Å². The molecule has 2 atom stereocenters. The number of halogens is 4. The molecule has 178 valence electrons. The summed E-state index contributed by atoms with van der Waals surface area (Å²) in [7, 11) is 0. The summed E-state index contributed by atoms with van der Waals surface area (Å²) >= 11 is 0. The second kappa shape index (κ2) is 10.3. The Balaban J connectivity index is 1.86. The number of nitrogen functional groups attached to an aromatic ring is 1. The average molecular weight is 465 g/mol. The maximum absolute atomic E-state index is 14.1. The summed E-state index contributed by atoms with van der Waals surface area (Å²) in [5, 5.41) is 3.40. The molecule has 0 aromatic carbocycles. The van der Waals surface area contributed by atoms with Crippen LogP contribution in [0.1, 0.15) is 55.2 Å². The molecule has 2 aromatic rings. The third-order valence-electron chi connectivity index (χ3n) is 5.53. The van der Waals surface area contributed by atoms with Crippen LogP contribution < -0.4 is 15.8 Å². The van der Waals surface area contributed by atoms with Crippen molar-refractivity contribution in [2.75, 3.05) is 12.3 Å². The minimum Gasteiger partial charge on any atom is -0.468 e. The molecule has 9 heteroatoms. The number of hydrogen-bond donors (Lipinski definition) is 2. The van der Waals surface area contributed by atoms with Crippen molar-refractivity contribution in [2.45, 2.75) is 52.4 Å². The van der Waals surface area contributed by atoms with Gasteiger partial charge in [-0.15, -0.1) is 0 Å². The Bertz CT molecular complexity index is 1030. The number of nitrogens with one attached hydrogen (secondary N) is 1. The number of alkyl halides is 3. The summed E-state index contributed by atoms with van der Waals surface area (Å²) < 4.78 is 56.8. The van der Waals surface area contributed by atoms with Crippen LogP contribution in [0, 0.1) is 12.8 Å². The largest absolute Gasteiger partial charge is 0.468 e. The van der Waals surface area contributed by atoms with Crippen molar-refractivity contribution >= 4 is 11.4 Å². The van der Waals surface area contributed by atoms with Gasteiger partial charge in [0.05, 0.1) is 5.69 Å². The van der Waals surface area contributed by atoms with E-state index in [2.05, 4.69) is 15.3 Å². The molecule has 0 saturated heterocycles. The molecule has 0 spiro atoms. The molecular weight excluding hydrogens is 436 g/mol. The predicted molar refractivity (Wildman–Crippen MR) is 120 cm³/mol. The Hall–Kier alpha value is -2.94. The molecule has 2 heterocycles. The first-order valence-corrected chi connectivity index (χ1v) is 10.8. The molecule has 0 radical (unpaired) electrons. The van der Waals surface area contributed by atoms with Crippen molar-refractivity contribution in [1.29, 1.82) is 0 Å². The summed E-state index contributed by atoms with van der Waals surface area (Å²) in [4.78, 5) is 8.54. The highest BCUT2D eigenvalue weighted by Crippen LogP contribution is 2.35. The van der Waals surface area contributed by atoms with Crippen LogP contribution in [0.15, 0.2) is 42.2 Å². The van der Waals surface area contributed by atoms with E-state index in [0.717, 1.165) is 22.4 Å². The van der Waals surface area contributed by atoms with Crippen LogP contribution in [0.2, 0.25) is 0 Å². The van der Waals surface area contributed by atoms with Crippen molar-refractivity contribution in [3.05, 3.63) is 64.8 Å². The number of nitrogens with two attached hydrogens (primary N) is 1. The Kier molecular flexibility index (Phi) is 7.73. The van der Waals surface area contributed by atoms with Crippen LogP contribution in [0.5, 0.6) is 5.88 Å². The zero-order chi connectivity index (χ0) is 24.2. The van der Waals surface area contributed by atoms with Gasteiger partial charge in [0.1, 0.15) is 11.6 Å². The second-order valence-electron chi connectivity index (χ2n) is 8.18. The number of aryl methyl sites for hydroxylation is 1. The van der Waals surface area contributed by atoms with E-state index in [9.17, 15) is 17.6 Å². The molecule has 2 aromatic heterocycles. The standard InChI is InChI=1S/C24H28F4N4O/c1-4-16-10-17(5-7-20(16)25)23-18(6-8-22(32-23)33-13-24(26,27)28)12-30-15(3)19-9-14(2)31-21(29)11-19/h5-9,11,15-16,30H,4,10,12-13H2,1-3H3,(H2,29,31). The van der Waals surface area contributed by atoms with E-state index < -0.39 is 12.8 Å². The van der Waals surface area contributed by atoms with Gasteiger partial charge in [-0.3, -0.25) is 0 Å². The Morgan fingerprint density at radius 3 is 2.64 bits per heavy atom. The summed E-state index contributed by atoms with van der Waals surface area (Å²) in [5.41, 5.74) is 9.66. The lowest BCUT2D eigenvalue weighted by atomic mass is 9.88. The number of hydrogen-bond acceptors (Lipinski definition) is 5. The van der Waals surface area contributed by atoms with E-state index in [4.69, 9.17) is 10.5 Å². The van der Waals surface area contributed by atoms with Crippen LogP contribution in [0.4, 0.5) is 23.4 Å². The first-order chi connectivity index (χ1) is 15.6. The van der Waals surface area contributed by atoms with E-state index in [1.54, 1.807) is 18.2 Å². The monoisotopic (exact) mass is 464 g/mol. The van der Waals surface area contributed by atoms with Crippen molar-refractivity contribution < 1.29 is 22.3 Å². The molecule has 3 rings (SSSR count). The second-order valence-corrected chi connectivity index (χ2v) is 8.18. The highest BCUT2D eigenvalue weighted by atomic mass is 19.4. The fourth-order valence-electron chi connectivity index (χ4n) is 3.74. The number of allylic oxidation sites excluding steroid dienone is 4. The van der Waals surface area contributed by atoms with Crippen molar-refractivity contribution in [1.82, 2.24) is 15.3 Å². The van der Waals surface area contributed by atoms with Crippen LogP contribution in [0.3, 0.4) is 0 Å². The number of nitrogens with zero attached hydrogens (tertiary/aromatic N) is 2. The van der Waals surface area contributed by atoms with Crippen molar-refractivity contribution in [2.24, 2.45) is 5.92 Å². The number of aromatic nitrogens is 2. The first kappa shape index (κ1) is 24.7. The molecule has 3 N–H and O–H groups in total. The summed E-state index contributed by atoms with van der Waals surface area (Å²) in [6.45, 7) is 4.70. The Morgan fingerprint density at radius 1 is 1.21 bits per heavy atom. The molecular formula is C24H28F4N4O. The smallest absolute Gasteiger partial charge is 0.422 e. The van der Waals surface area contributed by atoms with Crippen LogP contribution >= 0.6 is 0 Å². The van der Waals surface area contributed by atoms with Gasteiger partial charge in [0.2, 0.25) is 5.88 Å². The lowest BCUT2D eigenvalue weighted by molar-refractivity contribution is -0.154. The topological polar surface area (TPSA) is 73.1 Å². The molecule has 2 unspecified atom stereocenters. The lowest BCUT2D eigenvalue weighted by Crippen LogP contribution is -2.21. The zero-order valence-corrected chi connectivity index (χ0v) is 18.8. The quantitative estimate of drug-likeness (QED) is 0.481. The number of ether oxygens (including phenoxy) is 1. The third kappa shape index (κ3) is 6.77. The summed E-state index contributed by atoms with van der Waals surface area (Å²) in [6, 6.07) is 6.77. The number of rotatable bonds is 8. The minimum atomic E-state index is -4.47. The van der Waals surface area contributed by atoms with E-state index in [1.165, 1.54) is 12.1 Å². The van der Waals surface area contributed by atoms with Crippen molar-refractivity contribution in [3.63, 3.8) is 0 Å². The van der Waals surface area contributed by atoms with Gasteiger partial charge in [-0.25, -0.2) is 14.4 Å². The lowest BCUT2D eigenvalue weighted by Gasteiger charge is -2.22. The molecule has 0 saturated carbocycles. The molecule has 1 aliphatic carbocycles. The molecule has 0 aliphatic heterocycles. The normalized spacial score (nSPS) is 17.4. The van der Waals surface area contributed by atoms with E-state index >= 15 is 0 Å². The number of pyridine rings is 2. The van der Waals surface area contributed by atoms with Gasteiger partial charge in [0.25, 0.3) is 0 Å². The maximum atomic E-state index is 14.1. The van der Waals surface area contributed by atoms with Gasteiger partial charge >= 0.3 is 6.18 Å². The molecule has 0 bridgehead atoms. The van der Waals surface area contributed by atoms with Crippen LogP contribution in [-0.4, -0.2) is 22.8 Å². The average Bonchev–Trinajstić information content (AvgIpc) is 2.75. The molecule has 0 fully saturated rings. The maximum Gasteiger partial charge on any atom is 0.422 e. The molecule has 1 aliphatic rings. The van der Waals surface area contributed by atoms with Crippen LogP contribution in [0.25, 0.3) is 5.57 Å². The van der Waals surface area contributed by atoms with Gasteiger partial charge in [-0.1, -0.05) is 19.1 Å². The third-order valence-corrected chi connectivity index (χ3v) is 5.53. The highest BCUT2D eigenvalue weighted by Gasteiger charge is 2.29. The summed E-state index contributed by atoms with van der Waals surface area (Å²) in [6.07, 6.45) is -0.405.